The van der Waals surface area contributed by atoms with E-state index in [0.29, 0.717) is 6.04 Å². The molecule has 1 aromatic carbocycles. The van der Waals surface area contributed by atoms with E-state index in [2.05, 4.69) is 72.0 Å². The molecule has 1 saturated carbocycles. The molecule has 122 valence electrons. The highest BCUT2D eigenvalue weighted by Gasteiger charge is 2.23. The van der Waals surface area contributed by atoms with Crippen LogP contribution in [0.15, 0.2) is 35.3 Å². The Bertz CT molecular complexity index is 477. The van der Waals surface area contributed by atoms with Gasteiger partial charge >= 0.3 is 0 Å². The SMILES string of the molecule is CN=C(NCC1CC1)NCC(C)(C)NC(C)c1ccccc1. The summed E-state index contributed by atoms with van der Waals surface area (Å²) in [6.45, 7) is 8.50. The number of hydrogen-bond donors (Lipinski definition) is 3. The van der Waals surface area contributed by atoms with Crippen molar-refractivity contribution in [3.8, 4) is 0 Å². The number of aliphatic imine (C=N–C) groups is 1. The van der Waals surface area contributed by atoms with E-state index in [1.165, 1.54) is 18.4 Å². The van der Waals surface area contributed by atoms with Crippen molar-refractivity contribution >= 4 is 5.96 Å². The van der Waals surface area contributed by atoms with Crippen molar-refractivity contribution < 1.29 is 0 Å². The third-order valence-electron chi connectivity index (χ3n) is 4.08. The lowest BCUT2D eigenvalue weighted by Crippen LogP contribution is -2.52. The van der Waals surface area contributed by atoms with E-state index >= 15 is 0 Å². The van der Waals surface area contributed by atoms with E-state index in [9.17, 15) is 0 Å². The summed E-state index contributed by atoms with van der Waals surface area (Å²) in [5.41, 5.74) is 1.29. The molecule has 1 fully saturated rings. The van der Waals surface area contributed by atoms with Gasteiger partial charge < -0.3 is 16.0 Å². The molecule has 0 aromatic heterocycles. The average molecular weight is 302 g/mol. The van der Waals surface area contributed by atoms with Crippen LogP contribution in [0.25, 0.3) is 0 Å². The molecule has 2 rings (SSSR count). The second kappa shape index (κ2) is 7.63. The molecule has 1 unspecified atom stereocenters. The molecule has 0 spiro atoms. The monoisotopic (exact) mass is 302 g/mol. The predicted octanol–water partition coefficient (Wildman–Crippen LogP) is 2.69. The molecule has 4 nitrogen and oxygen atoms in total. The summed E-state index contributed by atoms with van der Waals surface area (Å²) in [7, 11) is 1.83. The van der Waals surface area contributed by atoms with E-state index in [1.807, 2.05) is 7.05 Å². The number of nitrogens with zero attached hydrogens (tertiary/aromatic N) is 1. The summed E-state index contributed by atoms with van der Waals surface area (Å²) in [6, 6.07) is 10.9. The summed E-state index contributed by atoms with van der Waals surface area (Å²) in [6.07, 6.45) is 2.71. The quantitative estimate of drug-likeness (QED) is 0.536. The van der Waals surface area contributed by atoms with Gasteiger partial charge in [-0.05, 0) is 45.1 Å². The number of rotatable bonds is 7. The van der Waals surface area contributed by atoms with Crippen molar-refractivity contribution in [3.63, 3.8) is 0 Å². The molecular weight excluding hydrogens is 272 g/mol. The maximum Gasteiger partial charge on any atom is 0.191 e. The highest BCUT2D eigenvalue weighted by Crippen LogP contribution is 2.27. The van der Waals surface area contributed by atoms with E-state index in [-0.39, 0.29) is 5.54 Å². The van der Waals surface area contributed by atoms with Crippen LogP contribution in [-0.4, -0.2) is 31.6 Å². The second-order valence-corrected chi connectivity index (χ2v) is 6.91. The third-order valence-corrected chi connectivity index (χ3v) is 4.08. The molecule has 1 aromatic rings. The van der Waals surface area contributed by atoms with Crippen molar-refractivity contribution in [3.05, 3.63) is 35.9 Å². The molecule has 22 heavy (non-hydrogen) atoms. The van der Waals surface area contributed by atoms with Gasteiger partial charge in [-0.3, -0.25) is 4.99 Å². The van der Waals surface area contributed by atoms with Crippen LogP contribution in [0.1, 0.15) is 45.2 Å². The van der Waals surface area contributed by atoms with Gasteiger partial charge in [0.1, 0.15) is 0 Å². The van der Waals surface area contributed by atoms with E-state index in [0.717, 1.165) is 25.0 Å². The van der Waals surface area contributed by atoms with Gasteiger partial charge in [-0.15, -0.1) is 0 Å². The van der Waals surface area contributed by atoms with Crippen molar-refractivity contribution in [2.45, 2.75) is 45.2 Å². The Kier molecular flexibility index (Phi) is 5.83. The summed E-state index contributed by atoms with van der Waals surface area (Å²) in [5, 5.41) is 10.5. The largest absolute Gasteiger partial charge is 0.356 e. The van der Waals surface area contributed by atoms with E-state index in [1.54, 1.807) is 0 Å². The molecular formula is C18H30N4. The number of benzene rings is 1. The normalized spacial score (nSPS) is 17.2. The predicted molar refractivity (Wildman–Crippen MR) is 94.2 cm³/mol. The first-order chi connectivity index (χ1) is 10.5. The fraction of sp³-hybridized carbons (Fsp3) is 0.611. The summed E-state index contributed by atoms with van der Waals surface area (Å²) in [4.78, 5) is 4.29. The van der Waals surface area contributed by atoms with Gasteiger partial charge in [-0.25, -0.2) is 0 Å². The topological polar surface area (TPSA) is 48.5 Å². The highest BCUT2D eigenvalue weighted by molar-refractivity contribution is 5.79. The lowest BCUT2D eigenvalue weighted by molar-refractivity contribution is 0.345. The van der Waals surface area contributed by atoms with Gasteiger partial charge in [0.15, 0.2) is 5.96 Å². The first-order valence-electron chi connectivity index (χ1n) is 8.27. The fourth-order valence-corrected chi connectivity index (χ4v) is 2.55. The Hall–Kier alpha value is -1.55. The van der Waals surface area contributed by atoms with Crippen LogP contribution >= 0.6 is 0 Å². The van der Waals surface area contributed by atoms with Gasteiger partial charge in [0.25, 0.3) is 0 Å². The Morgan fingerprint density at radius 1 is 1.23 bits per heavy atom. The zero-order valence-corrected chi connectivity index (χ0v) is 14.3. The fourth-order valence-electron chi connectivity index (χ4n) is 2.55. The van der Waals surface area contributed by atoms with Crippen LogP contribution in [0, 0.1) is 5.92 Å². The molecule has 4 heteroatoms. The second-order valence-electron chi connectivity index (χ2n) is 6.91. The van der Waals surface area contributed by atoms with Crippen LogP contribution in [0.2, 0.25) is 0 Å². The zero-order valence-electron chi connectivity index (χ0n) is 14.3. The minimum atomic E-state index is -0.0214. The van der Waals surface area contributed by atoms with Crippen LogP contribution in [0.3, 0.4) is 0 Å². The molecule has 0 amide bonds. The maximum absolute atomic E-state index is 4.29. The van der Waals surface area contributed by atoms with Gasteiger partial charge in [0.05, 0.1) is 0 Å². The number of guanidine groups is 1. The molecule has 0 saturated heterocycles. The lowest BCUT2D eigenvalue weighted by Gasteiger charge is -2.31. The molecule has 0 bridgehead atoms. The Morgan fingerprint density at radius 2 is 1.91 bits per heavy atom. The first kappa shape index (κ1) is 16.8. The smallest absolute Gasteiger partial charge is 0.191 e. The Labute approximate surface area is 134 Å². The molecule has 0 radical (unpaired) electrons. The van der Waals surface area contributed by atoms with Gasteiger partial charge in [-0.2, -0.15) is 0 Å². The minimum absolute atomic E-state index is 0.0214. The third kappa shape index (κ3) is 5.68. The van der Waals surface area contributed by atoms with E-state index in [4.69, 9.17) is 0 Å². The van der Waals surface area contributed by atoms with Crippen molar-refractivity contribution in [1.29, 1.82) is 0 Å². The van der Waals surface area contributed by atoms with Crippen molar-refractivity contribution in [2.24, 2.45) is 10.9 Å². The van der Waals surface area contributed by atoms with Crippen LogP contribution in [0.5, 0.6) is 0 Å². The van der Waals surface area contributed by atoms with Crippen LogP contribution in [-0.2, 0) is 0 Å². The van der Waals surface area contributed by atoms with Gasteiger partial charge in [-0.1, -0.05) is 30.3 Å². The van der Waals surface area contributed by atoms with Crippen LogP contribution < -0.4 is 16.0 Å². The van der Waals surface area contributed by atoms with Gasteiger partial charge in [0, 0.05) is 31.7 Å². The molecule has 0 heterocycles. The lowest BCUT2D eigenvalue weighted by atomic mass is 10.0. The molecule has 3 N–H and O–H groups in total. The Morgan fingerprint density at radius 3 is 2.50 bits per heavy atom. The average Bonchev–Trinajstić information content (AvgIpc) is 3.32. The van der Waals surface area contributed by atoms with Gasteiger partial charge in [0.2, 0.25) is 0 Å². The first-order valence-corrected chi connectivity index (χ1v) is 8.27. The van der Waals surface area contributed by atoms with Crippen molar-refractivity contribution in [2.75, 3.05) is 20.1 Å². The number of hydrogen-bond acceptors (Lipinski definition) is 2. The standard InChI is InChI=1S/C18H30N4/c1-14(16-8-6-5-7-9-16)22-18(2,3)13-21-17(19-4)20-12-15-10-11-15/h5-9,14-15,22H,10-13H2,1-4H3,(H2,19,20,21). The Balaban J connectivity index is 1.79. The van der Waals surface area contributed by atoms with Crippen molar-refractivity contribution in [1.82, 2.24) is 16.0 Å². The van der Waals surface area contributed by atoms with E-state index < -0.39 is 0 Å². The molecule has 0 aliphatic heterocycles. The molecule has 1 aliphatic rings. The highest BCUT2D eigenvalue weighted by atomic mass is 15.2. The summed E-state index contributed by atoms with van der Waals surface area (Å²) >= 11 is 0. The minimum Gasteiger partial charge on any atom is -0.356 e. The summed E-state index contributed by atoms with van der Waals surface area (Å²) in [5.74, 6) is 1.75. The number of nitrogens with one attached hydrogen (secondary N) is 3. The maximum atomic E-state index is 4.29. The zero-order chi connectivity index (χ0) is 16.0. The molecule has 1 atom stereocenters. The van der Waals surface area contributed by atoms with Crippen LogP contribution in [0.4, 0.5) is 0 Å². The summed E-state index contributed by atoms with van der Waals surface area (Å²) < 4.78 is 0. The molecule has 1 aliphatic carbocycles.